The van der Waals surface area contributed by atoms with Crippen LogP contribution in [0.25, 0.3) is 11.5 Å². The molecule has 0 spiro atoms. The number of rotatable bonds is 1. The summed E-state index contributed by atoms with van der Waals surface area (Å²) in [4.78, 5) is 4.31. The molecule has 17 heavy (non-hydrogen) atoms. The molecule has 0 unspecified atom stereocenters. The normalized spacial score (nSPS) is 15.3. The molecule has 1 aliphatic heterocycles. The first-order valence-electron chi connectivity index (χ1n) is 5.98. The predicted octanol–water partition coefficient (Wildman–Crippen LogP) is 1.65. The minimum absolute atomic E-state index is 0.671. The molecule has 5 nitrogen and oxygen atoms in total. The van der Waals surface area contributed by atoms with Crippen LogP contribution >= 0.6 is 0 Å². The fourth-order valence-corrected chi connectivity index (χ4v) is 2.21. The van der Waals surface area contributed by atoms with Gasteiger partial charge in [-0.05, 0) is 25.0 Å². The summed E-state index contributed by atoms with van der Waals surface area (Å²) < 4.78 is 2.19. The van der Waals surface area contributed by atoms with Gasteiger partial charge in [-0.2, -0.15) is 0 Å². The fourth-order valence-electron chi connectivity index (χ4n) is 2.21. The first-order valence-corrected chi connectivity index (χ1v) is 5.98. The molecule has 2 aromatic rings. The van der Waals surface area contributed by atoms with Crippen molar-refractivity contribution in [2.45, 2.75) is 32.2 Å². The van der Waals surface area contributed by atoms with E-state index in [1.165, 1.54) is 19.3 Å². The molecule has 88 valence electrons. The lowest BCUT2D eigenvalue weighted by Gasteiger charge is -2.06. The Morgan fingerprint density at radius 3 is 2.88 bits per heavy atom. The van der Waals surface area contributed by atoms with Gasteiger partial charge in [-0.1, -0.05) is 6.42 Å². The van der Waals surface area contributed by atoms with Gasteiger partial charge in [0.15, 0.2) is 5.82 Å². The van der Waals surface area contributed by atoms with Crippen LogP contribution < -0.4 is 5.73 Å². The number of nitrogens with zero attached hydrogens (tertiary/aromatic N) is 4. The zero-order valence-electron chi connectivity index (χ0n) is 9.63. The van der Waals surface area contributed by atoms with Crippen molar-refractivity contribution in [2.24, 2.45) is 0 Å². The fraction of sp³-hybridized carbons (Fsp3) is 0.417. The summed E-state index contributed by atoms with van der Waals surface area (Å²) in [6, 6.07) is 3.75. The maximum atomic E-state index is 5.64. The number of hydrogen-bond donors (Lipinski definition) is 1. The Kier molecular flexibility index (Phi) is 2.51. The number of fused-ring (bicyclic) bond motifs is 1. The summed E-state index contributed by atoms with van der Waals surface area (Å²) in [6.45, 7) is 0.990. The number of anilines is 1. The first kappa shape index (κ1) is 10.3. The second-order valence-corrected chi connectivity index (χ2v) is 4.38. The average molecular weight is 229 g/mol. The van der Waals surface area contributed by atoms with Crippen molar-refractivity contribution < 1.29 is 0 Å². The van der Waals surface area contributed by atoms with Gasteiger partial charge < -0.3 is 10.3 Å². The van der Waals surface area contributed by atoms with E-state index < -0.39 is 0 Å². The quantitative estimate of drug-likeness (QED) is 0.807. The second kappa shape index (κ2) is 4.16. The molecule has 0 atom stereocenters. The van der Waals surface area contributed by atoms with Gasteiger partial charge in [0, 0.05) is 13.0 Å². The van der Waals surface area contributed by atoms with Crippen LogP contribution in [0.2, 0.25) is 0 Å². The average Bonchev–Trinajstić information content (AvgIpc) is 2.60. The summed E-state index contributed by atoms with van der Waals surface area (Å²) in [7, 11) is 0. The highest BCUT2D eigenvalue weighted by molar-refractivity contribution is 5.52. The molecule has 0 saturated heterocycles. The van der Waals surface area contributed by atoms with Crippen LogP contribution in [0.1, 0.15) is 25.1 Å². The molecular weight excluding hydrogens is 214 g/mol. The molecule has 2 N–H and O–H groups in total. The van der Waals surface area contributed by atoms with E-state index in [0.29, 0.717) is 5.69 Å². The molecule has 0 amide bonds. The highest BCUT2D eigenvalue weighted by Gasteiger charge is 2.16. The Morgan fingerprint density at radius 2 is 2.06 bits per heavy atom. The predicted molar refractivity (Wildman–Crippen MR) is 65.2 cm³/mol. The SMILES string of the molecule is Nc1ccc(-c2nnc3n2CCCCC3)nc1. The van der Waals surface area contributed by atoms with E-state index in [-0.39, 0.29) is 0 Å². The van der Waals surface area contributed by atoms with Crippen molar-refractivity contribution in [3.8, 4) is 11.5 Å². The third-order valence-electron chi connectivity index (χ3n) is 3.12. The Balaban J connectivity index is 2.03. The van der Waals surface area contributed by atoms with E-state index in [2.05, 4.69) is 19.7 Å². The van der Waals surface area contributed by atoms with E-state index in [4.69, 9.17) is 5.73 Å². The van der Waals surface area contributed by atoms with Crippen molar-refractivity contribution in [1.82, 2.24) is 19.7 Å². The summed E-state index contributed by atoms with van der Waals surface area (Å²) in [6.07, 6.45) is 6.33. The molecule has 2 aromatic heterocycles. The number of hydrogen-bond acceptors (Lipinski definition) is 4. The van der Waals surface area contributed by atoms with E-state index in [1.54, 1.807) is 6.20 Å². The molecule has 0 fully saturated rings. The van der Waals surface area contributed by atoms with E-state index in [9.17, 15) is 0 Å². The van der Waals surface area contributed by atoms with Crippen LogP contribution in [0.5, 0.6) is 0 Å². The number of aromatic nitrogens is 4. The Hall–Kier alpha value is -1.91. The molecule has 0 radical (unpaired) electrons. The molecule has 3 rings (SSSR count). The van der Waals surface area contributed by atoms with E-state index in [1.807, 2.05) is 12.1 Å². The van der Waals surface area contributed by atoms with Crippen LogP contribution in [0, 0.1) is 0 Å². The number of nitrogen functional groups attached to an aromatic ring is 1. The minimum atomic E-state index is 0.671. The van der Waals surface area contributed by atoms with Gasteiger partial charge in [0.2, 0.25) is 0 Å². The number of aryl methyl sites for hydroxylation is 1. The van der Waals surface area contributed by atoms with Gasteiger partial charge >= 0.3 is 0 Å². The maximum absolute atomic E-state index is 5.64. The second-order valence-electron chi connectivity index (χ2n) is 4.38. The highest BCUT2D eigenvalue weighted by Crippen LogP contribution is 2.21. The molecule has 5 heteroatoms. The zero-order valence-corrected chi connectivity index (χ0v) is 9.63. The third kappa shape index (κ3) is 1.88. The standard InChI is InChI=1S/C12H15N5/c13-9-5-6-10(14-8-9)12-16-15-11-4-2-1-3-7-17(11)12/h5-6,8H,1-4,7,13H2. The molecular formula is C12H15N5. The van der Waals surface area contributed by atoms with Crippen molar-refractivity contribution in [3.63, 3.8) is 0 Å². The van der Waals surface area contributed by atoms with Crippen LogP contribution in [0.15, 0.2) is 18.3 Å². The topological polar surface area (TPSA) is 69.6 Å². The van der Waals surface area contributed by atoms with Crippen molar-refractivity contribution in [1.29, 1.82) is 0 Å². The molecule has 3 heterocycles. The molecule has 0 bridgehead atoms. The largest absolute Gasteiger partial charge is 0.397 e. The minimum Gasteiger partial charge on any atom is -0.397 e. The van der Waals surface area contributed by atoms with Gasteiger partial charge in [-0.3, -0.25) is 4.98 Å². The summed E-state index contributed by atoms with van der Waals surface area (Å²) in [5.74, 6) is 1.94. The highest BCUT2D eigenvalue weighted by atomic mass is 15.3. The van der Waals surface area contributed by atoms with Crippen LogP contribution in [-0.2, 0) is 13.0 Å². The van der Waals surface area contributed by atoms with Gasteiger partial charge in [-0.15, -0.1) is 10.2 Å². The Labute approximate surface area is 99.7 Å². The van der Waals surface area contributed by atoms with Crippen molar-refractivity contribution in [3.05, 3.63) is 24.2 Å². The number of pyridine rings is 1. The van der Waals surface area contributed by atoms with Crippen LogP contribution in [0.3, 0.4) is 0 Å². The first-order chi connectivity index (χ1) is 8.34. The van der Waals surface area contributed by atoms with Gasteiger partial charge in [-0.25, -0.2) is 0 Å². The van der Waals surface area contributed by atoms with E-state index >= 15 is 0 Å². The molecule has 0 aromatic carbocycles. The summed E-state index contributed by atoms with van der Waals surface area (Å²) >= 11 is 0. The molecule has 0 saturated carbocycles. The number of nitrogens with two attached hydrogens (primary N) is 1. The lowest BCUT2D eigenvalue weighted by Crippen LogP contribution is -2.03. The summed E-state index contributed by atoms with van der Waals surface area (Å²) in [5.41, 5.74) is 7.16. The zero-order chi connectivity index (χ0) is 11.7. The maximum Gasteiger partial charge on any atom is 0.182 e. The lowest BCUT2D eigenvalue weighted by molar-refractivity contribution is 0.636. The molecule has 1 aliphatic rings. The van der Waals surface area contributed by atoms with Crippen LogP contribution in [0.4, 0.5) is 5.69 Å². The van der Waals surface area contributed by atoms with Crippen molar-refractivity contribution >= 4 is 5.69 Å². The van der Waals surface area contributed by atoms with Crippen molar-refractivity contribution in [2.75, 3.05) is 5.73 Å². The summed E-state index contributed by atoms with van der Waals surface area (Å²) in [5, 5.41) is 8.51. The van der Waals surface area contributed by atoms with Gasteiger partial charge in [0.25, 0.3) is 0 Å². The van der Waals surface area contributed by atoms with Gasteiger partial charge in [0.1, 0.15) is 11.5 Å². The molecule has 0 aliphatic carbocycles. The van der Waals surface area contributed by atoms with Gasteiger partial charge in [0.05, 0.1) is 11.9 Å². The lowest BCUT2D eigenvalue weighted by atomic mass is 10.2. The Morgan fingerprint density at radius 1 is 1.12 bits per heavy atom. The Bertz CT molecular complexity index is 514. The van der Waals surface area contributed by atoms with Crippen LogP contribution in [-0.4, -0.2) is 19.7 Å². The smallest absolute Gasteiger partial charge is 0.182 e. The van der Waals surface area contributed by atoms with E-state index in [0.717, 1.165) is 30.3 Å². The monoisotopic (exact) mass is 229 g/mol. The third-order valence-corrected chi connectivity index (χ3v) is 3.12.